The third kappa shape index (κ3) is 7.45. The monoisotopic (exact) mass is 758 g/mol. The number of rotatable bonds is 0. The SMILES string of the molecule is Cl.Cl.[CH3-].[Ge]=[Zr].[c-]1ccccc1.c1ccc2c(c1)c1ccccc1c1[cH-]ccc21.c1ccc2c(c1)c1ccccc1c1[cH-]ccc21. The molecule has 0 nitrogen and oxygen atoms in total. The summed E-state index contributed by atoms with van der Waals surface area (Å²) in [6.45, 7) is 0. The topological polar surface area (TPSA) is 0 Å². The van der Waals surface area contributed by atoms with Crippen LogP contribution in [-0.4, -0.2) is 12.1 Å². The Hall–Kier alpha value is -3.19. The van der Waals surface area contributed by atoms with E-state index in [4.69, 9.17) is 0 Å². The number of halogens is 2. The Labute approximate surface area is 298 Å². The van der Waals surface area contributed by atoms with Crippen LogP contribution in [0.5, 0.6) is 0 Å². The first-order valence-corrected chi connectivity index (χ1v) is 21.4. The second-order valence-electron chi connectivity index (χ2n) is 9.97. The van der Waals surface area contributed by atoms with Crippen molar-refractivity contribution in [2.24, 2.45) is 0 Å². The van der Waals surface area contributed by atoms with Gasteiger partial charge in [0.15, 0.2) is 0 Å². The maximum atomic E-state index is 2.89. The first-order valence-electron chi connectivity index (χ1n) is 14.0. The van der Waals surface area contributed by atoms with Gasteiger partial charge in [0.05, 0.1) is 0 Å². The molecule has 0 aromatic heterocycles. The van der Waals surface area contributed by atoms with E-state index in [0.29, 0.717) is 0 Å². The summed E-state index contributed by atoms with van der Waals surface area (Å²) in [6.07, 6.45) is 0. The second kappa shape index (κ2) is 17.5. The van der Waals surface area contributed by atoms with Gasteiger partial charge in [-0.3, -0.25) is 0 Å². The van der Waals surface area contributed by atoms with Crippen LogP contribution in [0.3, 0.4) is 0 Å². The first kappa shape index (κ1) is 36.3. The fourth-order valence-corrected chi connectivity index (χ4v) is 5.93. The van der Waals surface area contributed by atoms with Crippen LogP contribution < -0.4 is 0 Å². The maximum absolute atomic E-state index is 2.89. The van der Waals surface area contributed by atoms with Crippen molar-refractivity contribution in [3.63, 3.8) is 0 Å². The first-order chi connectivity index (χ1) is 20.9. The second-order valence-corrected chi connectivity index (χ2v) is 9.97. The number of hydrogen-bond donors (Lipinski definition) is 0. The number of fused-ring (bicyclic) bond motifs is 12. The summed E-state index contributed by atoms with van der Waals surface area (Å²) < 4.78 is 0. The van der Waals surface area contributed by atoms with Gasteiger partial charge in [0, 0.05) is 0 Å². The Morgan fingerprint density at radius 1 is 0.378 bits per heavy atom. The van der Waals surface area contributed by atoms with Crippen molar-refractivity contribution >= 4 is 102 Å². The summed E-state index contributed by atoms with van der Waals surface area (Å²) in [5.74, 6) is 0. The van der Waals surface area contributed by atoms with Gasteiger partial charge >= 0.3 is 33.7 Å². The Kier molecular flexibility index (Phi) is 14.1. The summed E-state index contributed by atoms with van der Waals surface area (Å²) in [4.78, 5) is 0. The Morgan fingerprint density at radius 3 is 0.911 bits per heavy atom. The van der Waals surface area contributed by atoms with Gasteiger partial charge in [-0.15, -0.1) is 58.5 Å². The van der Waals surface area contributed by atoms with E-state index in [1.165, 1.54) is 64.6 Å². The van der Waals surface area contributed by atoms with Crippen molar-refractivity contribution in [3.8, 4) is 0 Å². The van der Waals surface area contributed by atoms with Gasteiger partial charge in [0.2, 0.25) is 0 Å². The van der Waals surface area contributed by atoms with Crippen LogP contribution in [0.4, 0.5) is 0 Å². The molecule has 2 radical (unpaired) electrons. The molecule has 9 aromatic carbocycles. The normalized spacial score (nSPS) is 9.84. The molecule has 0 saturated heterocycles. The van der Waals surface area contributed by atoms with Crippen LogP contribution in [0, 0.1) is 13.5 Å². The van der Waals surface area contributed by atoms with Crippen molar-refractivity contribution in [2.75, 3.05) is 0 Å². The van der Waals surface area contributed by atoms with Crippen molar-refractivity contribution in [3.05, 3.63) is 177 Å². The minimum Gasteiger partial charge on any atom is -0.184 e. The average Bonchev–Trinajstić information content (AvgIpc) is 3.79. The van der Waals surface area contributed by atoms with E-state index >= 15 is 0 Å². The smallest absolute Gasteiger partial charge is 0.0293 e. The molecule has 4 heteroatoms. The summed E-state index contributed by atoms with van der Waals surface area (Å²) in [6, 6.07) is 60.3. The molecule has 0 bridgehead atoms. The molecule has 0 unspecified atom stereocenters. The van der Waals surface area contributed by atoms with Crippen molar-refractivity contribution < 1.29 is 21.6 Å². The number of benzene rings is 7. The molecule has 0 spiro atoms. The third-order valence-electron chi connectivity index (χ3n) is 7.69. The van der Waals surface area contributed by atoms with Crippen LogP contribution in [0.25, 0.3) is 64.6 Å². The molecule has 0 aliphatic heterocycles. The molecular formula is C41H32Cl2GeZr-4. The van der Waals surface area contributed by atoms with Gasteiger partial charge in [-0.2, -0.15) is 60.7 Å². The van der Waals surface area contributed by atoms with E-state index in [9.17, 15) is 0 Å². The minimum atomic E-state index is 0. The molecule has 0 atom stereocenters. The zero-order valence-electron chi connectivity index (χ0n) is 24.9. The Morgan fingerprint density at radius 2 is 0.644 bits per heavy atom. The zero-order chi connectivity index (χ0) is 28.7. The summed E-state index contributed by atoms with van der Waals surface area (Å²) in [5.41, 5.74) is 0. The van der Waals surface area contributed by atoms with E-state index < -0.39 is 0 Å². The van der Waals surface area contributed by atoms with E-state index in [0.717, 1.165) is 0 Å². The van der Waals surface area contributed by atoms with Crippen LogP contribution >= 0.6 is 24.8 Å². The van der Waals surface area contributed by atoms with Gasteiger partial charge in [-0.1, -0.05) is 129 Å². The van der Waals surface area contributed by atoms with Crippen LogP contribution in [0.1, 0.15) is 0 Å². The standard InChI is InChI=1S/2C17H11.C6H5.CH3.2ClH.Ge.Zr/c2*1-3-8-14-12(6-1)13-7-2-4-9-15(13)17-11-5-10-16(14)17;1-2-4-6-5-3-1;;;;;/h2*1-11H;1-5H;1H3;2*1H;;/q4*-1;;;;. The van der Waals surface area contributed by atoms with Gasteiger partial charge in [-0.25, -0.2) is 0 Å². The molecule has 0 heterocycles. The van der Waals surface area contributed by atoms with E-state index in [-0.39, 0.29) is 32.2 Å². The molecule has 0 aliphatic carbocycles. The Bertz CT molecular complexity index is 1940. The van der Waals surface area contributed by atoms with E-state index in [2.05, 4.69) is 152 Å². The van der Waals surface area contributed by atoms with Gasteiger partial charge < -0.3 is 7.43 Å². The number of hydrogen-bond acceptors (Lipinski definition) is 0. The summed E-state index contributed by atoms with van der Waals surface area (Å²) >= 11 is 3.64. The quantitative estimate of drug-likeness (QED) is 0.0821. The van der Waals surface area contributed by atoms with E-state index in [1.807, 2.05) is 30.3 Å². The Balaban J connectivity index is 0.000000189. The minimum absolute atomic E-state index is 0. The van der Waals surface area contributed by atoms with Crippen molar-refractivity contribution in [2.45, 2.75) is 0 Å². The zero-order valence-corrected chi connectivity index (χ0v) is 31.1. The van der Waals surface area contributed by atoms with Crippen molar-refractivity contribution in [1.29, 1.82) is 0 Å². The van der Waals surface area contributed by atoms with Gasteiger partial charge in [0.25, 0.3) is 0 Å². The largest absolute Gasteiger partial charge is 0.184 e. The third-order valence-corrected chi connectivity index (χ3v) is 7.69. The molecule has 0 amide bonds. The predicted molar refractivity (Wildman–Crippen MR) is 201 cm³/mol. The predicted octanol–water partition coefficient (Wildman–Crippen LogP) is 12.1. The summed E-state index contributed by atoms with van der Waals surface area (Å²) in [7, 11) is 0. The van der Waals surface area contributed by atoms with Gasteiger partial charge in [0.1, 0.15) is 0 Å². The van der Waals surface area contributed by atoms with E-state index in [1.54, 1.807) is 21.6 Å². The average molecular weight is 759 g/mol. The maximum Gasteiger partial charge on any atom is -0.0293 e. The summed E-state index contributed by atoms with van der Waals surface area (Å²) in [5, 5.41) is 16.2. The van der Waals surface area contributed by atoms with Crippen LogP contribution in [-0.2, 0) is 21.6 Å². The van der Waals surface area contributed by atoms with Crippen LogP contribution in [0.15, 0.2) is 164 Å². The molecule has 0 saturated carbocycles. The molecule has 0 aliphatic rings. The van der Waals surface area contributed by atoms with Gasteiger partial charge in [-0.05, 0) is 10.8 Å². The molecule has 45 heavy (non-hydrogen) atoms. The van der Waals surface area contributed by atoms with Crippen LogP contribution in [0.2, 0.25) is 0 Å². The fourth-order valence-electron chi connectivity index (χ4n) is 5.93. The molecule has 9 aromatic rings. The fraction of sp³-hybridized carbons (Fsp3) is 0. The molecule has 0 N–H and O–H groups in total. The van der Waals surface area contributed by atoms with Crippen molar-refractivity contribution in [1.82, 2.24) is 0 Å². The molecule has 9 rings (SSSR count). The molecule has 0 fully saturated rings. The molecule has 222 valence electrons. The molecular weight excluding hydrogens is 727 g/mol.